The number of hydrogen-bond donors (Lipinski definition) is 2. The van der Waals surface area contributed by atoms with Gasteiger partial charge in [-0.05, 0) is 31.5 Å². The van der Waals surface area contributed by atoms with Crippen LogP contribution in [0.3, 0.4) is 0 Å². The molecule has 1 unspecified atom stereocenters. The monoisotopic (exact) mass is 254 g/mol. The van der Waals surface area contributed by atoms with Gasteiger partial charge in [0, 0.05) is 24.3 Å². The van der Waals surface area contributed by atoms with E-state index in [1.807, 2.05) is 4.90 Å². The summed E-state index contributed by atoms with van der Waals surface area (Å²) < 4.78 is 13.7. The minimum atomic E-state index is -0.696. The van der Waals surface area contributed by atoms with E-state index in [2.05, 4.69) is 0 Å². The normalized spacial score (nSPS) is 24.1. The van der Waals surface area contributed by atoms with Crippen LogP contribution in [0.5, 0.6) is 0 Å². The summed E-state index contributed by atoms with van der Waals surface area (Å²) in [6, 6.07) is 4.77. The molecule has 3 N–H and O–H groups in total. The predicted octanol–water partition coefficient (Wildman–Crippen LogP) is 1.42. The number of aliphatic hydroxyl groups is 1. The van der Waals surface area contributed by atoms with Crippen LogP contribution >= 0.6 is 12.2 Å². The Morgan fingerprint density at radius 2 is 2.29 bits per heavy atom. The number of benzene rings is 1. The molecule has 1 aliphatic rings. The third-order valence-corrected chi connectivity index (χ3v) is 3.25. The minimum absolute atomic E-state index is 0.0578. The number of halogens is 1. The summed E-state index contributed by atoms with van der Waals surface area (Å²) in [4.78, 5) is 2.01. The smallest absolute Gasteiger partial charge is 0.135 e. The first-order valence-corrected chi connectivity index (χ1v) is 5.86. The molecule has 1 aliphatic heterocycles. The van der Waals surface area contributed by atoms with Gasteiger partial charge in [0.1, 0.15) is 10.8 Å². The van der Waals surface area contributed by atoms with E-state index in [-0.39, 0.29) is 10.6 Å². The number of β-amino-alcohol motifs (C(OH)–C–C–N with tert-alkyl or cyclic N) is 1. The molecule has 0 aromatic heterocycles. The lowest BCUT2D eigenvalue weighted by Gasteiger charge is -2.21. The Bertz CT molecular complexity index is 462. The fraction of sp³-hybridized carbons (Fsp3) is 0.417. The van der Waals surface area contributed by atoms with Crippen molar-refractivity contribution < 1.29 is 9.50 Å². The van der Waals surface area contributed by atoms with Crippen LogP contribution in [0, 0.1) is 5.82 Å². The van der Waals surface area contributed by atoms with E-state index >= 15 is 0 Å². The maximum absolute atomic E-state index is 13.7. The van der Waals surface area contributed by atoms with Crippen molar-refractivity contribution in [1.29, 1.82) is 0 Å². The summed E-state index contributed by atoms with van der Waals surface area (Å²) in [7, 11) is 0. The topological polar surface area (TPSA) is 49.5 Å². The number of hydrogen-bond acceptors (Lipinski definition) is 3. The first-order valence-electron chi connectivity index (χ1n) is 5.46. The number of anilines is 1. The molecule has 1 fully saturated rings. The Morgan fingerprint density at radius 3 is 2.76 bits per heavy atom. The van der Waals surface area contributed by atoms with E-state index in [4.69, 9.17) is 18.0 Å². The number of nitrogens with two attached hydrogens (primary N) is 1. The highest BCUT2D eigenvalue weighted by Crippen LogP contribution is 2.27. The van der Waals surface area contributed by atoms with Crippen LogP contribution in [0.1, 0.15) is 18.9 Å². The van der Waals surface area contributed by atoms with Crippen molar-refractivity contribution >= 4 is 22.9 Å². The van der Waals surface area contributed by atoms with Crippen LogP contribution in [0.4, 0.5) is 10.1 Å². The van der Waals surface area contributed by atoms with Gasteiger partial charge in [-0.2, -0.15) is 0 Å². The van der Waals surface area contributed by atoms with Gasteiger partial charge in [0.15, 0.2) is 0 Å². The van der Waals surface area contributed by atoms with Crippen LogP contribution in [0.15, 0.2) is 18.2 Å². The molecular formula is C12H15FN2OS. The molecule has 1 aromatic rings. The molecule has 5 heteroatoms. The third kappa shape index (κ3) is 2.56. The lowest BCUT2D eigenvalue weighted by atomic mass is 10.1. The molecule has 0 radical (unpaired) electrons. The molecule has 1 aromatic carbocycles. The largest absolute Gasteiger partial charge is 0.389 e. The summed E-state index contributed by atoms with van der Waals surface area (Å²) in [5.74, 6) is -0.415. The van der Waals surface area contributed by atoms with Gasteiger partial charge < -0.3 is 15.7 Å². The van der Waals surface area contributed by atoms with Crippen LogP contribution in [-0.4, -0.2) is 28.8 Å². The minimum Gasteiger partial charge on any atom is -0.389 e. The summed E-state index contributed by atoms with van der Waals surface area (Å²) >= 11 is 4.75. The van der Waals surface area contributed by atoms with E-state index < -0.39 is 11.4 Å². The zero-order valence-corrected chi connectivity index (χ0v) is 10.4. The highest BCUT2D eigenvalue weighted by molar-refractivity contribution is 7.80. The van der Waals surface area contributed by atoms with Gasteiger partial charge in [0.2, 0.25) is 0 Å². The maximum atomic E-state index is 13.7. The lowest BCUT2D eigenvalue weighted by molar-refractivity contribution is 0.0839. The van der Waals surface area contributed by atoms with Crippen molar-refractivity contribution in [1.82, 2.24) is 0 Å². The second-order valence-corrected chi connectivity index (χ2v) is 5.14. The highest BCUT2D eigenvalue weighted by Gasteiger charge is 2.31. The molecule has 1 heterocycles. The van der Waals surface area contributed by atoms with Crippen LogP contribution in [0.2, 0.25) is 0 Å². The molecule has 17 heavy (non-hydrogen) atoms. The van der Waals surface area contributed by atoms with E-state index in [1.165, 1.54) is 6.07 Å². The van der Waals surface area contributed by atoms with Crippen molar-refractivity contribution in [2.45, 2.75) is 18.9 Å². The summed E-state index contributed by atoms with van der Waals surface area (Å²) in [6.45, 7) is 3.02. The van der Waals surface area contributed by atoms with Gasteiger partial charge in [0.05, 0.1) is 5.60 Å². The molecule has 0 saturated carbocycles. The van der Waals surface area contributed by atoms with E-state index in [1.54, 1.807) is 19.1 Å². The van der Waals surface area contributed by atoms with Gasteiger partial charge in [-0.1, -0.05) is 12.2 Å². The molecule has 0 aliphatic carbocycles. The molecule has 0 spiro atoms. The second kappa shape index (κ2) is 4.23. The van der Waals surface area contributed by atoms with E-state index in [9.17, 15) is 9.50 Å². The summed E-state index contributed by atoms with van der Waals surface area (Å²) in [5.41, 5.74) is 5.71. The second-order valence-electron chi connectivity index (χ2n) is 4.70. The van der Waals surface area contributed by atoms with Crippen molar-refractivity contribution in [3.63, 3.8) is 0 Å². The van der Waals surface area contributed by atoms with Gasteiger partial charge in [-0.25, -0.2) is 4.39 Å². The summed E-state index contributed by atoms with van der Waals surface area (Å²) in [6.07, 6.45) is 0.686. The summed E-state index contributed by atoms with van der Waals surface area (Å²) in [5, 5.41) is 9.86. The van der Waals surface area contributed by atoms with Crippen molar-refractivity contribution in [2.75, 3.05) is 18.0 Å². The Balaban J connectivity index is 2.24. The molecular weight excluding hydrogens is 239 g/mol. The average Bonchev–Trinajstić information content (AvgIpc) is 2.58. The standard InChI is InChI=1S/C12H15FN2OS/c1-12(16)4-5-15(7-12)8-2-3-9(11(14)17)10(13)6-8/h2-3,6,16H,4-5,7H2,1H3,(H2,14,17). The predicted molar refractivity (Wildman–Crippen MR) is 69.7 cm³/mol. The lowest BCUT2D eigenvalue weighted by Crippen LogP contribution is -2.29. The maximum Gasteiger partial charge on any atom is 0.135 e. The number of thiocarbonyl (C=S) groups is 1. The molecule has 3 nitrogen and oxygen atoms in total. The SMILES string of the molecule is CC1(O)CCN(c2ccc(C(N)=S)c(F)c2)C1. The first-order chi connectivity index (χ1) is 7.89. The fourth-order valence-corrected chi connectivity index (χ4v) is 2.23. The van der Waals surface area contributed by atoms with Gasteiger partial charge in [0.25, 0.3) is 0 Å². The molecule has 2 rings (SSSR count). The zero-order chi connectivity index (χ0) is 12.6. The van der Waals surface area contributed by atoms with Crippen molar-refractivity contribution in [2.24, 2.45) is 5.73 Å². The Morgan fingerprint density at radius 1 is 1.59 bits per heavy atom. The Hall–Kier alpha value is -1.20. The van der Waals surface area contributed by atoms with Crippen molar-refractivity contribution in [3.8, 4) is 0 Å². The Kier molecular flexibility index (Phi) is 3.05. The van der Waals surface area contributed by atoms with E-state index in [0.29, 0.717) is 13.0 Å². The number of nitrogens with zero attached hydrogens (tertiary/aromatic N) is 1. The third-order valence-electron chi connectivity index (χ3n) is 3.04. The number of rotatable bonds is 2. The van der Waals surface area contributed by atoms with E-state index in [0.717, 1.165) is 12.2 Å². The first kappa shape index (κ1) is 12.3. The van der Waals surface area contributed by atoms with Crippen LogP contribution < -0.4 is 10.6 Å². The quantitative estimate of drug-likeness (QED) is 0.784. The van der Waals surface area contributed by atoms with Gasteiger partial charge in [-0.15, -0.1) is 0 Å². The molecule has 0 amide bonds. The van der Waals surface area contributed by atoms with Crippen LogP contribution in [0.25, 0.3) is 0 Å². The van der Waals surface area contributed by atoms with Gasteiger partial charge in [-0.3, -0.25) is 0 Å². The average molecular weight is 254 g/mol. The molecule has 0 bridgehead atoms. The molecule has 92 valence electrons. The highest BCUT2D eigenvalue weighted by atomic mass is 32.1. The zero-order valence-electron chi connectivity index (χ0n) is 9.61. The van der Waals surface area contributed by atoms with Crippen LogP contribution in [-0.2, 0) is 0 Å². The molecule has 1 saturated heterocycles. The Labute approximate surface area is 105 Å². The van der Waals surface area contributed by atoms with Gasteiger partial charge >= 0.3 is 0 Å². The van der Waals surface area contributed by atoms with Crippen molar-refractivity contribution in [3.05, 3.63) is 29.6 Å². The molecule has 1 atom stereocenters. The fourth-order valence-electron chi connectivity index (χ4n) is 2.07.